The van der Waals surface area contributed by atoms with E-state index in [2.05, 4.69) is 0 Å². The summed E-state index contributed by atoms with van der Waals surface area (Å²) < 4.78 is 65.8. The van der Waals surface area contributed by atoms with Crippen LogP contribution in [0.1, 0.15) is 33.8 Å². The van der Waals surface area contributed by atoms with E-state index >= 15 is 0 Å². The predicted molar refractivity (Wildman–Crippen MR) is 308 cm³/mol. The quantitative estimate of drug-likeness (QED) is 0.0216. The smallest absolute Gasteiger partial charge is 0.492 e. The molecule has 0 aromatic heterocycles. The average molecular weight is 1110 g/mol. The maximum Gasteiger partial charge on any atom is 0.821 e. The van der Waals surface area contributed by atoms with Crippen molar-refractivity contribution in [2.24, 2.45) is 28.7 Å². The monoisotopic (exact) mass is 1100 g/mol. The minimum Gasteiger partial charge on any atom is -0.492 e. The van der Waals surface area contributed by atoms with E-state index in [1.165, 1.54) is 0 Å². The van der Waals surface area contributed by atoms with Crippen LogP contribution in [0.4, 0.5) is 28.4 Å². The lowest BCUT2D eigenvalue weighted by atomic mass is 10.2. The molecule has 0 fully saturated rings. The second-order valence-corrected chi connectivity index (χ2v) is 23.3. The maximum absolute atomic E-state index is 6.11. The van der Waals surface area contributed by atoms with E-state index in [-0.39, 0.29) is 65.1 Å². The molecule has 0 bridgehead atoms. The molecule has 0 aliphatic heterocycles. The van der Waals surface area contributed by atoms with Gasteiger partial charge in [0.2, 0.25) is 0 Å². The summed E-state index contributed by atoms with van der Waals surface area (Å²) in [6, 6.07) is 42.3. The number of hydrogen-bond donors (Lipinski definition) is 10. The molecule has 76 heavy (non-hydrogen) atoms. The first-order chi connectivity index (χ1) is 35.8. The minimum atomic E-state index is -3.72. The highest BCUT2D eigenvalue weighted by Gasteiger charge is 2.54. The Balaban J connectivity index is 0.000000299. The molecule has 6 aromatic rings. The van der Waals surface area contributed by atoms with Gasteiger partial charge in [0.1, 0.15) is 34.5 Å². The Morgan fingerprint density at radius 1 is 0.395 bits per heavy atom. The zero-order chi connectivity index (χ0) is 54.9. The molecule has 6 rings (SSSR count). The zero-order valence-electron chi connectivity index (χ0n) is 43.3. The molecule has 20 N–H and O–H groups in total. The highest BCUT2D eigenvalue weighted by atomic mass is 28.4. The Hall–Kier alpha value is -6.63. The lowest BCUT2D eigenvalue weighted by molar-refractivity contribution is -0.00407. The molecule has 21 nitrogen and oxygen atoms in total. The van der Waals surface area contributed by atoms with Gasteiger partial charge in [-0.1, -0.05) is 25.1 Å². The third-order valence-corrected chi connectivity index (χ3v) is 16.1. The van der Waals surface area contributed by atoms with Gasteiger partial charge in [-0.2, -0.15) is 0 Å². The van der Waals surface area contributed by atoms with Crippen LogP contribution >= 0.6 is 0 Å². The molecule has 24 heteroatoms. The summed E-state index contributed by atoms with van der Waals surface area (Å²) in [5.74, 6) is 3.38. The lowest BCUT2D eigenvalue weighted by Crippen LogP contribution is -2.59. The summed E-state index contributed by atoms with van der Waals surface area (Å²) in [5, 5.41) is 0. The largest absolute Gasteiger partial charge is 0.821 e. The van der Waals surface area contributed by atoms with Crippen LogP contribution in [-0.2, 0) is 22.1 Å². The molecule has 4 unspecified atom stereocenters. The first kappa shape index (κ1) is 63.7. The van der Waals surface area contributed by atoms with Crippen LogP contribution in [-0.4, -0.2) is 91.1 Å². The van der Waals surface area contributed by atoms with Crippen LogP contribution in [0, 0.1) is 6.92 Å². The number of anilines is 5. The van der Waals surface area contributed by atoms with Crippen LogP contribution in [0.5, 0.6) is 34.5 Å². The second kappa shape index (κ2) is 32.1. The number of aryl methyl sites for hydroxylation is 1. The zero-order valence-corrected chi connectivity index (χ0v) is 46.3. The van der Waals surface area contributed by atoms with Gasteiger partial charge in [0.05, 0.1) is 32.0 Å². The van der Waals surface area contributed by atoms with Gasteiger partial charge in [0, 0.05) is 67.2 Å². The summed E-state index contributed by atoms with van der Waals surface area (Å²) in [4.78, 5) is 0. The van der Waals surface area contributed by atoms with Crippen LogP contribution in [0.25, 0.3) is 0 Å². The summed E-state index contributed by atoms with van der Waals surface area (Å²) >= 11 is 0. The van der Waals surface area contributed by atoms with Crippen molar-refractivity contribution in [1.82, 2.24) is 0 Å². The molecule has 0 amide bonds. The number of nitrogens with two attached hydrogens (primary N) is 10. The van der Waals surface area contributed by atoms with E-state index in [4.69, 9.17) is 106 Å². The molecule has 6 aromatic carbocycles. The van der Waals surface area contributed by atoms with Gasteiger partial charge < -0.3 is 106 Å². The molecule has 416 valence electrons. The molecular weight excluding hydrogens is 1020 g/mol. The van der Waals surface area contributed by atoms with Crippen molar-refractivity contribution in [2.75, 3.05) is 74.7 Å². The van der Waals surface area contributed by atoms with Crippen LogP contribution in [0.3, 0.4) is 0 Å². The first-order valence-electron chi connectivity index (χ1n) is 24.1. The topological polar surface area (TPSA) is 362 Å². The fourth-order valence-corrected chi connectivity index (χ4v) is 12.1. The molecule has 4 atom stereocenters. The van der Waals surface area contributed by atoms with Gasteiger partial charge in [0.15, 0.2) is 0 Å². The third-order valence-electron chi connectivity index (χ3n) is 9.76. The van der Waals surface area contributed by atoms with Crippen molar-refractivity contribution < 1.29 is 48.7 Å². The summed E-state index contributed by atoms with van der Waals surface area (Å²) in [6.07, 6.45) is -0.714. The van der Waals surface area contributed by atoms with E-state index in [1.54, 1.807) is 121 Å². The predicted octanol–water partition coefficient (Wildman–Crippen LogP) is 5.77. The normalized spacial score (nSPS) is 13.1. The Morgan fingerprint density at radius 2 is 0.658 bits per heavy atom. The Labute approximate surface area is 451 Å². The standard InChI is InChI=1S/C18H28N4O4Si.C17H24N2O3Si.C16H24N4O4Si.CH4/c1-13(11-19)23-27(24-14(2)12-20,25-17-7-3-15(21)4-8-17)26-18-9-5-16(22)6-10-18;1-13-4-8-16(9-5-13)21-23(3,20-12-14(2)18)22-17-10-6-15(19)7-11-17;17-9-11-21-25(22-12-10-18,23-15-5-1-13(19)2-6-15)24-16-7-3-14(20)4-8-16;/h3-10,13-14H,11-12,19-22H2,1-2H3;4-11,14H,12,18-19H2,1-3H3;1-8H,9-12,17-20H2;1H4. The third kappa shape index (κ3) is 23.1. The maximum atomic E-state index is 6.11. The number of hydrogen-bond acceptors (Lipinski definition) is 21. The Kier molecular flexibility index (Phi) is 26.9. The van der Waals surface area contributed by atoms with Crippen molar-refractivity contribution in [2.45, 2.75) is 59.9 Å². The molecule has 0 aliphatic carbocycles. The minimum absolute atomic E-state index is 0. The molecule has 0 spiro atoms. The fraction of sp³-hybridized carbons (Fsp3) is 0.308. The van der Waals surface area contributed by atoms with Gasteiger partial charge in [-0.25, -0.2) is 0 Å². The molecule has 0 aliphatic rings. The van der Waals surface area contributed by atoms with E-state index in [9.17, 15) is 0 Å². The van der Waals surface area contributed by atoms with Crippen LogP contribution in [0.2, 0.25) is 6.55 Å². The van der Waals surface area contributed by atoms with Gasteiger partial charge in [-0.15, -0.1) is 0 Å². The van der Waals surface area contributed by atoms with Crippen molar-refractivity contribution in [3.63, 3.8) is 0 Å². The number of nitrogen functional groups attached to an aromatic ring is 5. The van der Waals surface area contributed by atoms with Crippen molar-refractivity contribution in [3.8, 4) is 34.5 Å². The highest BCUT2D eigenvalue weighted by Crippen LogP contribution is 2.28. The van der Waals surface area contributed by atoms with Crippen LogP contribution in [0.15, 0.2) is 146 Å². The van der Waals surface area contributed by atoms with Crippen molar-refractivity contribution in [1.29, 1.82) is 0 Å². The second-order valence-electron chi connectivity index (χ2n) is 17.0. The van der Waals surface area contributed by atoms with Gasteiger partial charge >= 0.3 is 26.9 Å². The summed E-state index contributed by atoms with van der Waals surface area (Å²) in [5.41, 5.74) is 61.3. The molecular formula is C52H80N10O11Si3. The SMILES string of the molecule is C.CC(CN)O[Si](Oc1ccc(N)cc1)(Oc1ccc(N)cc1)OC(C)CN.Cc1ccc(O[Si](C)(OCC(C)N)Oc2ccc(N)cc2)cc1.NCCO[Si](OCCN)(Oc1ccc(N)cc1)Oc1ccc(N)cc1. The molecule has 0 heterocycles. The van der Waals surface area contributed by atoms with E-state index < -0.39 is 26.9 Å². The Morgan fingerprint density at radius 3 is 0.921 bits per heavy atom. The summed E-state index contributed by atoms with van der Waals surface area (Å²) in [7, 11) is -10.3. The number of rotatable bonds is 27. The lowest BCUT2D eigenvalue weighted by Gasteiger charge is -2.32. The molecule has 0 radical (unpaired) electrons. The van der Waals surface area contributed by atoms with Gasteiger partial charge in [-0.05, 0) is 161 Å². The van der Waals surface area contributed by atoms with Gasteiger partial charge in [0.25, 0.3) is 0 Å². The Bertz CT molecular complexity index is 2340. The first-order valence-corrected chi connectivity index (χ1v) is 29.6. The molecule has 0 saturated carbocycles. The summed E-state index contributed by atoms with van der Waals surface area (Å²) in [6.45, 7) is 11.3. The van der Waals surface area contributed by atoms with E-state index in [0.29, 0.717) is 69.5 Å². The van der Waals surface area contributed by atoms with Gasteiger partial charge in [-0.3, -0.25) is 0 Å². The average Bonchev–Trinajstić information content (AvgIpc) is 3.39. The van der Waals surface area contributed by atoms with Crippen molar-refractivity contribution in [3.05, 3.63) is 151 Å². The fourth-order valence-electron chi connectivity index (χ4n) is 5.94. The number of benzene rings is 6. The van der Waals surface area contributed by atoms with Crippen molar-refractivity contribution >= 4 is 55.3 Å². The molecule has 0 saturated heterocycles. The highest BCUT2D eigenvalue weighted by molar-refractivity contribution is 6.60. The van der Waals surface area contributed by atoms with E-state index in [1.807, 2.05) is 58.5 Å². The van der Waals surface area contributed by atoms with E-state index in [0.717, 1.165) is 5.56 Å². The van der Waals surface area contributed by atoms with Crippen LogP contribution < -0.4 is 83.9 Å².